The Kier molecular flexibility index (Phi) is 3.62. The minimum atomic E-state index is -0.195. The number of nitrogens with two attached hydrogens (primary N) is 1. The van der Waals surface area contributed by atoms with Gasteiger partial charge in [0.1, 0.15) is 0 Å². The van der Waals surface area contributed by atoms with Crippen molar-refractivity contribution in [3.05, 3.63) is 48.7 Å². The predicted molar refractivity (Wildman–Crippen MR) is 96.8 cm³/mol. The van der Waals surface area contributed by atoms with Crippen LogP contribution in [0.25, 0.3) is 27.9 Å². The van der Waals surface area contributed by atoms with Gasteiger partial charge in [0.25, 0.3) is 0 Å². The van der Waals surface area contributed by atoms with Gasteiger partial charge in [-0.15, -0.1) is 0 Å². The topological polar surface area (TPSA) is 109 Å². The first-order valence-corrected chi connectivity index (χ1v) is 7.92. The Labute approximate surface area is 143 Å². The molecule has 5 N–H and O–H groups in total. The highest BCUT2D eigenvalue weighted by Gasteiger charge is 2.16. The number of imidazole rings is 1. The normalized spacial score (nSPS) is 11.2. The van der Waals surface area contributed by atoms with E-state index < -0.39 is 0 Å². The maximum atomic E-state index is 10.2. The highest BCUT2D eigenvalue weighted by Crippen LogP contribution is 2.36. The van der Waals surface area contributed by atoms with Gasteiger partial charge in [0.2, 0.25) is 0 Å². The maximum absolute atomic E-state index is 10.2. The molecule has 0 aliphatic heterocycles. The van der Waals surface area contributed by atoms with Crippen LogP contribution in [0.5, 0.6) is 11.5 Å². The number of benzene rings is 2. The molecule has 0 spiro atoms. The maximum Gasteiger partial charge on any atom is 0.181 e. The van der Waals surface area contributed by atoms with Crippen LogP contribution in [0.15, 0.2) is 48.7 Å². The highest BCUT2D eigenvalue weighted by molar-refractivity contribution is 5.85. The van der Waals surface area contributed by atoms with Gasteiger partial charge in [-0.1, -0.05) is 18.2 Å². The minimum Gasteiger partial charge on any atom is -0.504 e. The fourth-order valence-corrected chi connectivity index (χ4v) is 2.84. The number of hydrogen-bond acceptors (Lipinski definition) is 6. The molecule has 7 heteroatoms. The molecule has 7 nitrogen and oxygen atoms in total. The standard InChI is InChI=1S/C18H17N5O2/c19-8-9-20-17-18-22-13(11-4-3-7-15(24)16(11)25)10-23(18)14-6-2-1-5-12(14)21-17/h1-7,10,24-25H,8-9,19H2,(H,20,21). The lowest BCUT2D eigenvalue weighted by Gasteiger charge is -2.08. The van der Waals surface area contributed by atoms with E-state index in [0.717, 1.165) is 11.0 Å². The van der Waals surface area contributed by atoms with Crippen molar-refractivity contribution >= 4 is 22.5 Å². The number of anilines is 1. The van der Waals surface area contributed by atoms with Gasteiger partial charge in [0.05, 0.1) is 16.7 Å². The Morgan fingerprint density at radius 2 is 1.88 bits per heavy atom. The summed E-state index contributed by atoms with van der Waals surface area (Å²) >= 11 is 0. The molecule has 0 atom stereocenters. The number of aromatic nitrogens is 3. The summed E-state index contributed by atoms with van der Waals surface area (Å²) in [6.45, 7) is 1.04. The molecule has 0 amide bonds. The van der Waals surface area contributed by atoms with Crippen LogP contribution < -0.4 is 11.1 Å². The number of phenols is 2. The Bertz CT molecular complexity index is 1070. The summed E-state index contributed by atoms with van der Waals surface area (Å²) in [4.78, 5) is 9.24. The van der Waals surface area contributed by atoms with Gasteiger partial charge in [-0.25, -0.2) is 9.97 Å². The van der Waals surface area contributed by atoms with Gasteiger partial charge in [-0.3, -0.25) is 4.40 Å². The smallest absolute Gasteiger partial charge is 0.181 e. The van der Waals surface area contributed by atoms with Crippen LogP contribution in [-0.2, 0) is 0 Å². The average Bonchev–Trinajstić information content (AvgIpc) is 3.07. The molecule has 0 bridgehead atoms. The number of nitrogens with zero attached hydrogens (tertiary/aromatic N) is 3. The van der Waals surface area contributed by atoms with Gasteiger partial charge in [-0.05, 0) is 24.3 Å². The fraction of sp³-hybridized carbons (Fsp3) is 0.111. The second kappa shape index (κ2) is 5.95. The second-order valence-electron chi connectivity index (χ2n) is 5.66. The van der Waals surface area contributed by atoms with Crippen molar-refractivity contribution in [1.29, 1.82) is 0 Å². The van der Waals surface area contributed by atoms with Crippen molar-refractivity contribution in [2.75, 3.05) is 18.4 Å². The molecule has 0 saturated heterocycles. The number of aromatic hydroxyl groups is 2. The zero-order valence-corrected chi connectivity index (χ0v) is 13.3. The second-order valence-corrected chi connectivity index (χ2v) is 5.66. The Hall–Kier alpha value is -3.32. The van der Waals surface area contributed by atoms with Crippen molar-refractivity contribution in [3.63, 3.8) is 0 Å². The van der Waals surface area contributed by atoms with E-state index in [0.29, 0.717) is 35.8 Å². The molecule has 25 heavy (non-hydrogen) atoms. The first-order valence-electron chi connectivity index (χ1n) is 7.92. The van der Waals surface area contributed by atoms with E-state index in [-0.39, 0.29) is 11.5 Å². The summed E-state index contributed by atoms with van der Waals surface area (Å²) in [6, 6.07) is 12.5. The first kappa shape index (κ1) is 15.2. The predicted octanol–water partition coefficient (Wildman–Crippen LogP) is 2.33. The van der Waals surface area contributed by atoms with Crippen LogP contribution in [0.1, 0.15) is 0 Å². The van der Waals surface area contributed by atoms with Crippen molar-refractivity contribution in [2.45, 2.75) is 0 Å². The zero-order valence-electron chi connectivity index (χ0n) is 13.3. The molecule has 2 aromatic carbocycles. The van der Waals surface area contributed by atoms with Crippen molar-refractivity contribution < 1.29 is 10.2 Å². The molecule has 0 aliphatic rings. The average molecular weight is 335 g/mol. The van der Waals surface area contributed by atoms with E-state index in [2.05, 4.69) is 15.3 Å². The minimum absolute atomic E-state index is 0.181. The lowest BCUT2D eigenvalue weighted by Crippen LogP contribution is -2.14. The molecule has 0 unspecified atom stereocenters. The SMILES string of the molecule is NCCNc1nc2ccccc2n2cc(-c3cccc(O)c3O)nc12. The van der Waals surface area contributed by atoms with Gasteiger partial charge in [0, 0.05) is 24.8 Å². The van der Waals surface area contributed by atoms with E-state index in [9.17, 15) is 10.2 Å². The molecule has 2 aromatic heterocycles. The van der Waals surface area contributed by atoms with Crippen LogP contribution >= 0.6 is 0 Å². The summed E-state index contributed by atoms with van der Waals surface area (Å²) in [5.41, 5.74) is 8.93. The Morgan fingerprint density at radius 3 is 2.72 bits per heavy atom. The monoisotopic (exact) mass is 335 g/mol. The lowest BCUT2D eigenvalue weighted by atomic mass is 10.1. The lowest BCUT2D eigenvalue weighted by molar-refractivity contribution is 0.405. The molecular formula is C18H17N5O2. The Balaban J connectivity index is 2.00. The molecule has 0 radical (unpaired) electrons. The van der Waals surface area contributed by atoms with Crippen LogP contribution in [0.4, 0.5) is 5.82 Å². The number of nitrogens with one attached hydrogen (secondary N) is 1. The van der Waals surface area contributed by atoms with Crippen molar-refractivity contribution in [3.8, 4) is 22.8 Å². The number of fused-ring (bicyclic) bond motifs is 3. The van der Waals surface area contributed by atoms with Gasteiger partial charge < -0.3 is 21.3 Å². The van der Waals surface area contributed by atoms with E-state index in [4.69, 9.17) is 5.73 Å². The molecule has 2 heterocycles. The van der Waals surface area contributed by atoms with E-state index >= 15 is 0 Å². The van der Waals surface area contributed by atoms with Gasteiger partial charge >= 0.3 is 0 Å². The molecule has 4 aromatic rings. The fourth-order valence-electron chi connectivity index (χ4n) is 2.84. The summed E-state index contributed by atoms with van der Waals surface area (Å²) in [6.07, 6.45) is 1.82. The summed E-state index contributed by atoms with van der Waals surface area (Å²) in [5, 5.41) is 23.1. The van der Waals surface area contributed by atoms with E-state index in [1.54, 1.807) is 12.1 Å². The number of para-hydroxylation sites is 3. The molecule has 126 valence electrons. The van der Waals surface area contributed by atoms with Crippen molar-refractivity contribution in [1.82, 2.24) is 14.4 Å². The largest absolute Gasteiger partial charge is 0.504 e. The number of hydrogen-bond donors (Lipinski definition) is 4. The van der Waals surface area contributed by atoms with E-state index in [1.165, 1.54) is 6.07 Å². The van der Waals surface area contributed by atoms with Crippen LogP contribution in [0.3, 0.4) is 0 Å². The van der Waals surface area contributed by atoms with Crippen LogP contribution in [0.2, 0.25) is 0 Å². The third-order valence-corrected chi connectivity index (χ3v) is 4.02. The third-order valence-electron chi connectivity index (χ3n) is 4.02. The molecule has 0 fully saturated rings. The first-order chi connectivity index (χ1) is 12.2. The Morgan fingerprint density at radius 1 is 1.04 bits per heavy atom. The number of rotatable bonds is 4. The summed E-state index contributed by atoms with van der Waals surface area (Å²) in [7, 11) is 0. The van der Waals surface area contributed by atoms with Crippen molar-refractivity contribution in [2.24, 2.45) is 5.73 Å². The molecule has 0 saturated carbocycles. The van der Waals surface area contributed by atoms with Crippen LogP contribution in [-0.4, -0.2) is 37.7 Å². The zero-order chi connectivity index (χ0) is 17.4. The quantitative estimate of drug-likeness (QED) is 0.426. The third kappa shape index (κ3) is 2.50. The van der Waals surface area contributed by atoms with E-state index in [1.807, 2.05) is 34.9 Å². The summed E-state index contributed by atoms with van der Waals surface area (Å²) < 4.78 is 1.92. The summed E-state index contributed by atoms with van der Waals surface area (Å²) in [5.74, 6) is 0.244. The highest BCUT2D eigenvalue weighted by atomic mass is 16.3. The number of phenolic OH excluding ortho intramolecular Hbond substituents is 2. The molecule has 0 aliphatic carbocycles. The molecule has 4 rings (SSSR count). The van der Waals surface area contributed by atoms with Gasteiger partial charge in [0.15, 0.2) is 23.0 Å². The van der Waals surface area contributed by atoms with Crippen LogP contribution in [0, 0.1) is 0 Å². The van der Waals surface area contributed by atoms with Gasteiger partial charge in [-0.2, -0.15) is 0 Å². The molecular weight excluding hydrogens is 318 g/mol.